The van der Waals surface area contributed by atoms with Gasteiger partial charge in [-0.05, 0) is 70.3 Å². The van der Waals surface area contributed by atoms with Crippen LogP contribution in [0.1, 0.15) is 25.1 Å². The van der Waals surface area contributed by atoms with Crippen molar-refractivity contribution in [3.05, 3.63) is 21.0 Å². The Morgan fingerprint density at radius 2 is 2.17 bits per heavy atom. The molecule has 2 N–H and O–H groups in total. The molecule has 0 radical (unpaired) electrons. The van der Waals surface area contributed by atoms with Crippen LogP contribution in [0.5, 0.6) is 0 Å². The van der Waals surface area contributed by atoms with Crippen LogP contribution >= 0.6 is 43.6 Å². The molecule has 0 saturated heterocycles. The molecule has 1 rings (SSSR count). The fourth-order valence-corrected chi connectivity index (χ4v) is 2.99. The van der Waals surface area contributed by atoms with E-state index in [1.165, 1.54) is 0 Å². The molecule has 0 aromatic carbocycles. The first-order valence-electron chi connectivity index (χ1n) is 5.86. The van der Waals surface area contributed by atoms with E-state index in [1.807, 2.05) is 17.8 Å². The molecule has 1 heterocycles. The smallest absolute Gasteiger partial charge is 0.183 e. The Hall–Kier alpha value is 0.510. The van der Waals surface area contributed by atoms with E-state index in [9.17, 15) is 0 Å². The van der Waals surface area contributed by atoms with Crippen molar-refractivity contribution < 1.29 is 4.42 Å². The summed E-state index contributed by atoms with van der Waals surface area (Å²) < 4.78 is 7.34. The third-order valence-corrected chi connectivity index (χ3v) is 5.50. The zero-order valence-corrected chi connectivity index (χ0v) is 14.9. The van der Waals surface area contributed by atoms with Gasteiger partial charge in [0.1, 0.15) is 5.76 Å². The first kappa shape index (κ1) is 16.6. The van der Waals surface area contributed by atoms with Crippen LogP contribution in [0.4, 0.5) is 0 Å². The second-order valence-corrected chi connectivity index (χ2v) is 6.88. The Kier molecular flexibility index (Phi) is 7.31. The van der Waals surface area contributed by atoms with E-state index in [1.54, 1.807) is 0 Å². The highest BCUT2D eigenvalue weighted by molar-refractivity contribution is 9.13. The third-order valence-electron chi connectivity index (χ3n) is 3.14. The first-order valence-corrected chi connectivity index (χ1v) is 8.84. The SMILES string of the molecule is CSCCC(C)N(C)C(CN)c1cc(Br)c(Br)o1. The van der Waals surface area contributed by atoms with Crippen LogP contribution in [-0.2, 0) is 0 Å². The average molecular weight is 400 g/mol. The van der Waals surface area contributed by atoms with Crippen molar-refractivity contribution in [1.29, 1.82) is 0 Å². The van der Waals surface area contributed by atoms with Crippen molar-refractivity contribution in [1.82, 2.24) is 4.90 Å². The van der Waals surface area contributed by atoms with Crippen LogP contribution in [-0.4, -0.2) is 36.5 Å². The molecule has 0 aliphatic carbocycles. The van der Waals surface area contributed by atoms with Crippen molar-refractivity contribution in [2.75, 3.05) is 25.6 Å². The summed E-state index contributed by atoms with van der Waals surface area (Å²) in [5.74, 6) is 2.06. The molecule has 1 aromatic heterocycles. The lowest BCUT2D eigenvalue weighted by atomic mass is 10.1. The predicted octanol–water partition coefficient (Wildman–Crippen LogP) is 3.88. The highest BCUT2D eigenvalue weighted by Crippen LogP contribution is 2.32. The fraction of sp³-hybridized carbons (Fsp3) is 0.667. The van der Waals surface area contributed by atoms with Crippen LogP contribution in [0, 0.1) is 0 Å². The van der Waals surface area contributed by atoms with E-state index in [2.05, 4.69) is 57.0 Å². The Balaban J connectivity index is 2.76. The van der Waals surface area contributed by atoms with E-state index >= 15 is 0 Å². The summed E-state index contributed by atoms with van der Waals surface area (Å²) in [5, 5.41) is 0. The lowest BCUT2D eigenvalue weighted by Crippen LogP contribution is -2.37. The number of furan rings is 1. The highest BCUT2D eigenvalue weighted by atomic mass is 79.9. The van der Waals surface area contributed by atoms with E-state index in [0.29, 0.717) is 12.6 Å². The summed E-state index contributed by atoms with van der Waals surface area (Å²) in [5.41, 5.74) is 5.89. The molecule has 18 heavy (non-hydrogen) atoms. The van der Waals surface area contributed by atoms with Gasteiger partial charge in [0.25, 0.3) is 0 Å². The van der Waals surface area contributed by atoms with Crippen molar-refractivity contribution in [3.63, 3.8) is 0 Å². The van der Waals surface area contributed by atoms with Gasteiger partial charge in [0.05, 0.1) is 10.5 Å². The number of nitrogens with zero attached hydrogens (tertiary/aromatic N) is 1. The Labute approximate surface area is 130 Å². The number of likely N-dealkylation sites (N-methyl/N-ethyl adjacent to an activating group) is 1. The Morgan fingerprint density at radius 1 is 1.50 bits per heavy atom. The molecule has 0 saturated carbocycles. The van der Waals surface area contributed by atoms with Crippen molar-refractivity contribution in [2.24, 2.45) is 5.73 Å². The highest BCUT2D eigenvalue weighted by Gasteiger charge is 2.24. The van der Waals surface area contributed by atoms with Gasteiger partial charge in [-0.1, -0.05) is 0 Å². The summed E-state index contributed by atoms with van der Waals surface area (Å²) in [6.45, 7) is 2.78. The second kappa shape index (κ2) is 7.94. The molecule has 1 aromatic rings. The monoisotopic (exact) mass is 398 g/mol. The molecule has 6 heteroatoms. The number of halogens is 2. The normalized spacial score (nSPS) is 15.1. The third kappa shape index (κ3) is 4.27. The maximum absolute atomic E-state index is 5.89. The maximum atomic E-state index is 5.89. The van der Waals surface area contributed by atoms with Crippen LogP contribution in [0.2, 0.25) is 0 Å². The van der Waals surface area contributed by atoms with E-state index in [4.69, 9.17) is 10.2 Å². The lowest BCUT2D eigenvalue weighted by molar-refractivity contribution is 0.164. The molecule has 2 unspecified atom stereocenters. The Morgan fingerprint density at radius 3 is 2.61 bits per heavy atom. The minimum Gasteiger partial charge on any atom is -0.451 e. The first-order chi connectivity index (χ1) is 8.51. The number of hydrogen-bond donors (Lipinski definition) is 1. The summed E-state index contributed by atoms with van der Waals surface area (Å²) in [7, 11) is 2.10. The summed E-state index contributed by atoms with van der Waals surface area (Å²) >= 11 is 8.68. The van der Waals surface area contributed by atoms with E-state index in [0.717, 1.165) is 27.1 Å². The van der Waals surface area contributed by atoms with Crippen LogP contribution < -0.4 is 5.73 Å². The van der Waals surface area contributed by atoms with Gasteiger partial charge in [0.2, 0.25) is 0 Å². The zero-order valence-electron chi connectivity index (χ0n) is 11.0. The molecular formula is C12H20Br2N2OS. The fourth-order valence-electron chi connectivity index (χ4n) is 1.81. The van der Waals surface area contributed by atoms with Crippen LogP contribution in [0.25, 0.3) is 0 Å². The quantitative estimate of drug-likeness (QED) is 0.755. The molecule has 0 spiro atoms. The standard InChI is InChI=1S/C12H20Br2N2OS/c1-8(4-5-18-3)16(2)10(7-15)11-6-9(13)12(14)17-11/h6,8,10H,4-5,7,15H2,1-3H3. The van der Waals surface area contributed by atoms with Crippen molar-refractivity contribution in [3.8, 4) is 0 Å². The van der Waals surface area contributed by atoms with E-state index in [-0.39, 0.29) is 6.04 Å². The minimum absolute atomic E-state index is 0.115. The zero-order chi connectivity index (χ0) is 13.7. The molecule has 104 valence electrons. The van der Waals surface area contributed by atoms with Gasteiger partial charge in [0.15, 0.2) is 4.67 Å². The molecule has 0 bridgehead atoms. The number of rotatable bonds is 7. The maximum Gasteiger partial charge on any atom is 0.183 e. The number of nitrogens with two attached hydrogens (primary N) is 1. The largest absolute Gasteiger partial charge is 0.451 e. The van der Waals surface area contributed by atoms with Crippen molar-refractivity contribution in [2.45, 2.75) is 25.4 Å². The van der Waals surface area contributed by atoms with Gasteiger partial charge < -0.3 is 10.2 Å². The molecule has 0 amide bonds. The van der Waals surface area contributed by atoms with Gasteiger partial charge in [-0.25, -0.2) is 0 Å². The number of hydrogen-bond acceptors (Lipinski definition) is 4. The minimum atomic E-state index is 0.115. The summed E-state index contributed by atoms with van der Waals surface area (Å²) in [4.78, 5) is 2.29. The average Bonchev–Trinajstić information content (AvgIpc) is 2.67. The lowest BCUT2D eigenvalue weighted by Gasteiger charge is -2.31. The molecule has 0 aliphatic rings. The van der Waals surface area contributed by atoms with E-state index < -0.39 is 0 Å². The molecule has 0 aliphatic heterocycles. The van der Waals surface area contributed by atoms with Crippen LogP contribution in [0.15, 0.2) is 19.6 Å². The van der Waals surface area contributed by atoms with Crippen LogP contribution in [0.3, 0.4) is 0 Å². The summed E-state index contributed by atoms with van der Waals surface area (Å²) in [6.07, 6.45) is 3.28. The Bertz CT molecular complexity index is 353. The number of thioether (sulfide) groups is 1. The predicted molar refractivity (Wildman–Crippen MR) is 86.1 cm³/mol. The molecule has 0 fully saturated rings. The topological polar surface area (TPSA) is 42.4 Å². The molecule has 2 atom stereocenters. The second-order valence-electron chi connectivity index (χ2n) is 4.32. The van der Waals surface area contributed by atoms with Gasteiger partial charge in [-0.2, -0.15) is 11.8 Å². The van der Waals surface area contributed by atoms with Crippen molar-refractivity contribution >= 4 is 43.6 Å². The summed E-state index contributed by atoms with van der Waals surface area (Å²) in [6, 6.07) is 2.58. The van der Waals surface area contributed by atoms with Gasteiger partial charge in [-0.3, -0.25) is 4.90 Å². The van der Waals surface area contributed by atoms with Gasteiger partial charge in [0, 0.05) is 12.6 Å². The van der Waals surface area contributed by atoms with Gasteiger partial charge >= 0.3 is 0 Å². The van der Waals surface area contributed by atoms with Gasteiger partial charge in [-0.15, -0.1) is 0 Å². The molecular weight excluding hydrogens is 380 g/mol. The molecule has 3 nitrogen and oxygen atoms in total.